The van der Waals surface area contributed by atoms with Gasteiger partial charge in [-0.25, -0.2) is 4.39 Å². The van der Waals surface area contributed by atoms with E-state index in [0.717, 1.165) is 11.1 Å². The van der Waals surface area contributed by atoms with Gasteiger partial charge in [0, 0.05) is 23.0 Å². The first kappa shape index (κ1) is 25.0. The van der Waals surface area contributed by atoms with Crippen LogP contribution in [0.1, 0.15) is 43.4 Å². The van der Waals surface area contributed by atoms with Crippen LogP contribution < -0.4 is 10.1 Å². The fourth-order valence-corrected chi connectivity index (χ4v) is 6.91. The number of ether oxygens (including phenoxy) is 1. The number of anilines is 1. The Bertz CT molecular complexity index is 1760. The van der Waals surface area contributed by atoms with Crippen molar-refractivity contribution in [2.24, 2.45) is 5.92 Å². The van der Waals surface area contributed by atoms with Crippen molar-refractivity contribution in [2.75, 3.05) is 12.4 Å². The van der Waals surface area contributed by atoms with Crippen molar-refractivity contribution >= 4 is 29.2 Å². The van der Waals surface area contributed by atoms with E-state index in [4.69, 9.17) is 4.74 Å². The molecule has 3 aliphatic rings. The van der Waals surface area contributed by atoms with Gasteiger partial charge in [0.25, 0.3) is 0 Å². The Balaban J connectivity index is 1.53. The molecule has 0 aliphatic carbocycles. The molecule has 1 fully saturated rings. The Kier molecular flexibility index (Phi) is 5.64. The van der Waals surface area contributed by atoms with Crippen molar-refractivity contribution in [2.45, 2.75) is 17.5 Å². The highest BCUT2D eigenvalue weighted by atomic mass is 19.1. The van der Waals surface area contributed by atoms with Gasteiger partial charge in [-0.05, 0) is 65.2 Å². The summed E-state index contributed by atoms with van der Waals surface area (Å²) in [5.41, 5.74) is 2.17. The number of nitrogens with zero attached hydrogens (tertiary/aromatic N) is 1. The summed E-state index contributed by atoms with van der Waals surface area (Å²) in [4.78, 5) is 45.5. The fourth-order valence-electron chi connectivity index (χ4n) is 6.91. The van der Waals surface area contributed by atoms with Crippen LogP contribution in [0.15, 0.2) is 103 Å². The van der Waals surface area contributed by atoms with Crippen molar-refractivity contribution in [3.05, 3.63) is 137 Å². The van der Waals surface area contributed by atoms with Gasteiger partial charge in [-0.15, -0.1) is 0 Å². The maximum atomic E-state index is 14.7. The number of halogens is 1. The van der Waals surface area contributed by atoms with E-state index in [1.165, 1.54) is 31.4 Å². The molecule has 4 unspecified atom stereocenters. The third-order valence-corrected chi connectivity index (χ3v) is 8.60. The predicted molar refractivity (Wildman–Crippen MR) is 152 cm³/mol. The molecular weight excluding hydrogens is 519 g/mol. The van der Waals surface area contributed by atoms with Crippen molar-refractivity contribution in [1.82, 2.24) is 4.90 Å². The quantitative estimate of drug-likeness (QED) is 0.321. The second kappa shape index (κ2) is 9.27. The zero-order chi connectivity index (χ0) is 28.3. The van der Waals surface area contributed by atoms with Crippen LogP contribution in [0.5, 0.6) is 5.75 Å². The van der Waals surface area contributed by atoms with Crippen LogP contribution >= 0.6 is 0 Å². The first-order valence-corrected chi connectivity index (χ1v) is 13.4. The van der Waals surface area contributed by atoms with E-state index in [1.54, 1.807) is 24.3 Å². The molecule has 0 saturated carbocycles. The van der Waals surface area contributed by atoms with Gasteiger partial charge >= 0.3 is 0 Å². The maximum absolute atomic E-state index is 14.7. The van der Waals surface area contributed by atoms with Crippen molar-refractivity contribution in [1.29, 1.82) is 0 Å². The number of nitrogens with one attached hydrogen (secondary N) is 1. The molecule has 0 radical (unpaired) electrons. The van der Waals surface area contributed by atoms with Gasteiger partial charge in [0.15, 0.2) is 11.6 Å². The number of hydrogen-bond acceptors (Lipinski definition) is 5. The summed E-state index contributed by atoms with van der Waals surface area (Å²) in [6, 6.07) is 25.5. The number of ketones is 2. The molecule has 1 N–H and O–H groups in total. The van der Waals surface area contributed by atoms with E-state index < -0.39 is 35.0 Å². The molecule has 4 aromatic carbocycles. The van der Waals surface area contributed by atoms with E-state index in [0.29, 0.717) is 22.6 Å². The molecule has 3 heterocycles. The second-order valence-electron chi connectivity index (χ2n) is 10.6. The summed E-state index contributed by atoms with van der Waals surface area (Å²) in [6.07, 6.45) is 3.73. The van der Waals surface area contributed by atoms with Gasteiger partial charge in [0.1, 0.15) is 23.0 Å². The maximum Gasteiger partial charge on any atom is 0.238 e. The van der Waals surface area contributed by atoms with Gasteiger partial charge in [-0.3, -0.25) is 14.4 Å². The van der Waals surface area contributed by atoms with Gasteiger partial charge in [0.2, 0.25) is 5.91 Å². The number of fused-ring (bicyclic) bond motifs is 6. The molecule has 0 aromatic heterocycles. The Morgan fingerprint density at radius 1 is 0.878 bits per heavy atom. The summed E-state index contributed by atoms with van der Waals surface area (Å²) in [6.45, 7) is 0. The zero-order valence-electron chi connectivity index (χ0n) is 22.1. The van der Waals surface area contributed by atoms with E-state index >= 15 is 0 Å². The highest BCUT2D eigenvalue weighted by molar-refractivity contribution is 6.16. The zero-order valence-corrected chi connectivity index (χ0v) is 22.1. The lowest BCUT2D eigenvalue weighted by atomic mass is 9.62. The molecule has 3 aliphatic heterocycles. The molecule has 1 spiro atoms. The SMILES string of the molecule is COc1cccc(C(=O)C2C(C(=O)c3ccc(F)cc3)C3(C(=O)Nc4ccccc43)C3c4ccccc4C=CN23)c1. The normalized spacial score (nSPS) is 23.5. The highest BCUT2D eigenvalue weighted by Gasteiger charge is 2.70. The van der Waals surface area contributed by atoms with Crippen LogP contribution in [-0.2, 0) is 10.2 Å². The van der Waals surface area contributed by atoms with Gasteiger partial charge < -0.3 is 15.0 Å². The molecule has 0 bridgehead atoms. The summed E-state index contributed by atoms with van der Waals surface area (Å²) in [7, 11) is 1.52. The number of hydrogen-bond donors (Lipinski definition) is 1. The summed E-state index contributed by atoms with van der Waals surface area (Å²) < 4.78 is 19.3. The van der Waals surface area contributed by atoms with Gasteiger partial charge in [0.05, 0.1) is 19.1 Å². The smallest absolute Gasteiger partial charge is 0.238 e. The second-order valence-corrected chi connectivity index (χ2v) is 10.6. The standard InChI is InChI=1S/C34H25FN2O4/c1-41-24-9-6-8-22(19-24)31(39)29-28(30(38)21-13-15-23(35)16-14-21)34(26-11-4-5-12-27(26)36-33(34)40)32-25-10-3-2-7-20(25)17-18-37(29)32/h2-19,28-29,32H,1H3,(H,36,40). The van der Waals surface area contributed by atoms with E-state index in [9.17, 15) is 18.8 Å². The lowest BCUT2D eigenvalue weighted by Gasteiger charge is -2.38. The Labute approximate surface area is 236 Å². The number of methoxy groups -OCH3 is 1. The number of Topliss-reactive ketones (excluding diaryl/α,β-unsaturated/α-hetero) is 2. The van der Waals surface area contributed by atoms with Gasteiger partial charge in [-0.1, -0.05) is 54.6 Å². The van der Waals surface area contributed by atoms with E-state index in [-0.39, 0.29) is 17.3 Å². The Hall–Kier alpha value is -5.04. The van der Waals surface area contributed by atoms with E-state index in [1.807, 2.05) is 65.7 Å². The third kappa shape index (κ3) is 3.51. The van der Waals surface area contributed by atoms with Gasteiger partial charge in [-0.2, -0.15) is 0 Å². The molecule has 4 atom stereocenters. The lowest BCUT2D eigenvalue weighted by Crippen LogP contribution is -2.49. The number of carbonyl (C=O) groups is 3. The molecule has 7 rings (SSSR count). The predicted octanol–water partition coefficient (Wildman–Crippen LogP) is 5.82. The molecule has 1 amide bonds. The van der Waals surface area contributed by atoms with Crippen molar-refractivity contribution in [3.63, 3.8) is 0 Å². The largest absolute Gasteiger partial charge is 0.497 e. The summed E-state index contributed by atoms with van der Waals surface area (Å²) in [5.74, 6) is -2.17. The number of rotatable bonds is 5. The fraction of sp³-hybridized carbons (Fsp3) is 0.147. The minimum absolute atomic E-state index is 0.230. The summed E-state index contributed by atoms with van der Waals surface area (Å²) in [5, 5.41) is 3.02. The Morgan fingerprint density at radius 3 is 2.44 bits per heavy atom. The molecular formula is C34H25FN2O4. The number of amides is 1. The Morgan fingerprint density at radius 2 is 1.63 bits per heavy atom. The van der Waals surface area contributed by atoms with Crippen LogP contribution in [0.25, 0.3) is 6.08 Å². The minimum Gasteiger partial charge on any atom is -0.497 e. The number of benzene rings is 4. The number of carbonyl (C=O) groups excluding carboxylic acids is 3. The molecule has 202 valence electrons. The first-order chi connectivity index (χ1) is 19.9. The van der Waals surface area contributed by atoms with Crippen LogP contribution in [0, 0.1) is 11.7 Å². The van der Waals surface area contributed by atoms with E-state index in [2.05, 4.69) is 5.32 Å². The average Bonchev–Trinajstić information content (AvgIpc) is 3.49. The molecule has 1 saturated heterocycles. The number of para-hydroxylation sites is 1. The first-order valence-electron chi connectivity index (χ1n) is 13.4. The molecule has 6 nitrogen and oxygen atoms in total. The monoisotopic (exact) mass is 544 g/mol. The minimum atomic E-state index is -1.44. The molecule has 4 aromatic rings. The third-order valence-electron chi connectivity index (χ3n) is 8.60. The van der Waals surface area contributed by atoms with Crippen molar-refractivity contribution < 1.29 is 23.5 Å². The lowest BCUT2D eigenvalue weighted by molar-refractivity contribution is -0.122. The van der Waals surface area contributed by atoms with Crippen LogP contribution in [-0.4, -0.2) is 35.5 Å². The van der Waals surface area contributed by atoms with Crippen LogP contribution in [0.3, 0.4) is 0 Å². The highest BCUT2D eigenvalue weighted by Crippen LogP contribution is 2.62. The molecule has 41 heavy (non-hydrogen) atoms. The average molecular weight is 545 g/mol. The molecule has 7 heteroatoms. The van der Waals surface area contributed by atoms with Crippen molar-refractivity contribution in [3.8, 4) is 5.75 Å². The van der Waals surface area contributed by atoms with Crippen LogP contribution in [0.4, 0.5) is 10.1 Å². The topological polar surface area (TPSA) is 75.7 Å². The summed E-state index contributed by atoms with van der Waals surface area (Å²) >= 11 is 0. The van der Waals surface area contributed by atoms with Crippen LogP contribution in [0.2, 0.25) is 0 Å².